The number of halogens is 2. The molecule has 0 radical (unpaired) electrons. The molecule has 0 unspecified atom stereocenters. The molecule has 1 aromatic carbocycles. The zero-order valence-corrected chi connectivity index (χ0v) is 11.0. The van der Waals surface area contributed by atoms with E-state index in [1.807, 2.05) is 12.1 Å². The van der Waals surface area contributed by atoms with Gasteiger partial charge in [0.05, 0.1) is 5.02 Å². The van der Waals surface area contributed by atoms with Crippen molar-refractivity contribution in [1.29, 1.82) is 0 Å². The van der Waals surface area contributed by atoms with Crippen LogP contribution in [0.4, 0.5) is 5.95 Å². The SMILES string of the molecule is Nc1nc(=S)nc(-c2ccc(Cl)c(Br)c2)[nH]1. The van der Waals surface area contributed by atoms with Crippen LogP contribution in [0.5, 0.6) is 0 Å². The molecule has 1 aromatic heterocycles. The highest BCUT2D eigenvalue weighted by molar-refractivity contribution is 9.10. The van der Waals surface area contributed by atoms with Crippen LogP contribution in [0.25, 0.3) is 11.4 Å². The van der Waals surface area contributed by atoms with Crippen molar-refractivity contribution in [3.05, 3.63) is 32.5 Å². The molecule has 0 spiro atoms. The van der Waals surface area contributed by atoms with E-state index in [0.717, 1.165) is 10.0 Å². The lowest BCUT2D eigenvalue weighted by atomic mass is 10.2. The van der Waals surface area contributed by atoms with Gasteiger partial charge in [-0.3, -0.25) is 0 Å². The monoisotopic (exact) mass is 316 g/mol. The third-order valence-corrected chi connectivity index (χ3v) is 3.26. The lowest BCUT2D eigenvalue weighted by molar-refractivity contribution is 1.05. The Bertz CT molecular complexity index is 598. The minimum atomic E-state index is 0.206. The molecule has 16 heavy (non-hydrogen) atoms. The van der Waals surface area contributed by atoms with Gasteiger partial charge in [-0.05, 0) is 46.3 Å². The summed E-state index contributed by atoms with van der Waals surface area (Å²) >= 11 is 14.1. The van der Waals surface area contributed by atoms with Crippen LogP contribution in [0.15, 0.2) is 22.7 Å². The van der Waals surface area contributed by atoms with Gasteiger partial charge < -0.3 is 10.7 Å². The second-order valence-electron chi connectivity index (χ2n) is 2.99. The number of nitrogens with one attached hydrogen (secondary N) is 1. The second kappa shape index (κ2) is 4.48. The molecular formula is C9H6BrClN4S. The summed E-state index contributed by atoms with van der Waals surface area (Å²) in [4.78, 5) is 10.7. The fourth-order valence-corrected chi connectivity index (χ4v) is 1.87. The summed E-state index contributed by atoms with van der Waals surface area (Å²) < 4.78 is 0.987. The fraction of sp³-hybridized carbons (Fsp3) is 0. The van der Waals surface area contributed by atoms with Gasteiger partial charge in [-0.15, -0.1) is 0 Å². The first-order valence-electron chi connectivity index (χ1n) is 4.25. The number of benzene rings is 1. The van der Waals surface area contributed by atoms with Crippen LogP contribution >= 0.6 is 39.7 Å². The molecule has 0 aliphatic heterocycles. The van der Waals surface area contributed by atoms with Crippen LogP contribution in [0.2, 0.25) is 5.02 Å². The number of aromatic nitrogens is 3. The highest BCUT2D eigenvalue weighted by Crippen LogP contribution is 2.27. The Morgan fingerprint density at radius 3 is 2.75 bits per heavy atom. The van der Waals surface area contributed by atoms with E-state index in [1.165, 1.54) is 0 Å². The van der Waals surface area contributed by atoms with Crippen LogP contribution in [-0.4, -0.2) is 15.0 Å². The number of anilines is 1. The fourth-order valence-electron chi connectivity index (χ4n) is 1.18. The first-order valence-corrected chi connectivity index (χ1v) is 5.83. The van der Waals surface area contributed by atoms with Gasteiger partial charge >= 0.3 is 0 Å². The largest absolute Gasteiger partial charge is 0.369 e. The molecule has 2 aromatic rings. The maximum Gasteiger partial charge on any atom is 0.224 e. The van der Waals surface area contributed by atoms with Gasteiger partial charge in [-0.1, -0.05) is 11.6 Å². The van der Waals surface area contributed by atoms with E-state index in [1.54, 1.807) is 6.07 Å². The normalized spacial score (nSPS) is 10.4. The van der Waals surface area contributed by atoms with E-state index < -0.39 is 0 Å². The summed E-state index contributed by atoms with van der Waals surface area (Å²) in [5, 5.41) is 0.629. The van der Waals surface area contributed by atoms with Crippen LogP contribution in [0, 0.1) is 4.77 Å². The quantitative estimate of drug-likeness (QED) is 0.793. The van der Waals surface area contributed by atoms with E-state index in [-0.39, 0.29) is 10.7 Å². The molecule has 3 N–H and O–H groups in total. The molecule has 0 bridgehead atoms. The van der Waals surface area contributed by atoms with Crippen LogP contribution in [-0.2, 0) is 0 Å². The van der Waals surface area contributed by atoms with Gasteiger partial charge in [0.2, 0.25) is 10.7 Å². The van der Waals surface area contributed by atoms with Crippen molar-refractivity contribution in [2.45, 2.75) is 0 Å². The smallest absolute Gasteiger partial charge is 0.224 e. The number of nitrogens with two attached hydrogens (primary N) is 1. The van der Waals surface area contributed by atoms with Gasteiger partial charge in [-0.2, -0.15) is 4.98 Å². The number of aromatic amines is 1. The molecule has 0 atom stereocenters. The highest BCUT2D eigenvalue weighted by Gasteiger charge is 2.04. The average Bonchev–Trinajstić information content (AvgIpc) is 2.20. The molecule has 0 saturated carbocycles. The molecule has 0 aliphatic carbocycles. The van der Waals surface area contributed by atoms with E-state index in [9.17, 15) is 0 Å². The van der Waals surface area contributed by atoms with Gasteiger partial charge in [0, 0.05) is 10.0 Å². The number of hydrogen-bond donors (Lipinski definition) is 2. The highest BCUT2D eigenvalue weighted by atomic mass is 79.9. The van der Waals surface area contributed by atoms with Crippen molar-refractivity contribution < 1.29 is 0 Å². The maximum absolute atomic E-state index is 5.90. The summed E-state index contributed by atoms with van der Waals surface area (Å²) in [7, 11) is 0. The molecule has 0 fully saturated rings. The lowest BCUT2D eigenvalue weighted by Crippen LogP contribution is -1.99. The van der Waals surface area contributed by atoms with Crippen molar-refractivity contribution in [2.24, 2.45) is 0 Å². The Morgan fingerprint density at radius 1 is 1.38 bits per heavy atom. The summed E-state index contributed by atoms with van der Waals surface area (Å²) in [5.74, 6) is 0.802. The average molecular weight is 318 g/mol. The first kappa shape index (κ1) is 11.5. The Hall–Kier alpha value is -0.980. The van der Waals surface area contributed by atoms with Gasteiger partial charge in [-0.25, -0.2) is 4.98 Å². The molecule has 0 amide bonds. The van der Waals surface area contributed by atoms with Gasteiger partial charge in [0.1, 0.15) is 5.82 Å². The zero-order valence-electron chi connectivity index (χ0n) is 7.87. The first-order chi connectivity index (χ1) is 7.56. The number of nitrogen functional groups attached to an aromatic ring is 1. The number of H-pyrrole nitrogens is 1. The summed E-state index contributed by atoms with van der Waals surface area (Å²) in [6.07, 6.45) is 0. The summed E-state index contributed by atoms with van der Waals surface area (Å²) in [5.41, 5.74) is 6.38. The molecule has 0 saturated heterocycles. The van der Waals surface area contributed by atoms with Crippen LogP contribution < -0.4 is 5.73 Å². The van der Waals surface area contributed by atoms with Crippen molar-refractivity contribution in [2.75, 3.05) is 5.73 Å². The molecule has 0 aliphatic rings. The zero-order chi connectivity index (χ0) is 11.7. The molecular weight excluding hydrogens is 312 g/mol. The topological polar surface area (TPSA) is 67.6 Å². The second-order valence-corrected chi connectivity index (χ2v) is 4.62. The molecule has 1 heterocycles. The third kappa shape index (κ3) is 2.40. The van der Waals surface area contributed by atoms with Gasteiger partial charge in [0.25, 0.3) is 0 Å². The third-order valence-electron chi connectivity index (χ3n) is 1.86. The standard InChI is InChI=1S/C9H6BrClN4S/c10-5-3-4(1-2-6(5)11)7-13-8(12)15-9(16)14-7/h1-3H,(H3,12,13,14,15,16). The molecule has 7 heteroatoms. The molecule has 4 nitrogen and oxygen atoms in total. The number of nitrogens with zero attached hydrogens (tertiary/aromatic N) is 2. The maximum atomic E-state index is 5.90. The number of hydrogen-bond acceptors (Lipinski definition) is 4. The van der Waals surface area contributed by atoms with E-state index >= 15 is 0 Å². The minimum Gasteiger partial charge on any atom is -0.369 e. The van der Waals surface area contributed by atoms with Crippen molar-refractivity contribution >= 4 is 45.7 Å². The Morgan fingerprint density at radius 2 is 2.12 bits per heavy atom. The predicted octanol–water partition coefficient (Wildman–Crippen LogP) is 3.20. The minimum absolute atomic E-state index is 0.206. The molecule has 2 rings (SSSR count). The van der Waals surface area contributed by atoms with Crippen molar-refractivity contribution in [3.8, 4) is 11.4 Å². The van der Waals surface area contributed by atoms with Crippen molar-refractivity contribution in [3.63, 3.8) is 0 Å². The molecule has 82 valence electrons. The Balaban J connectivity index is 2.58. The van der Waals surface area contributed by atoms with E-state index in [4.69, 9.17) is 29.6 Å². The van der Waals surface area contributed by atoms with Crippen LogP contribution in [0.3, 0.4) is 0 Å². The number of rotatable bonds is 1. The van der Waals surface area contributed by atoms with E-state index in [2.05, 4.69) is 30.9 Å². The lowest BCUT2D eigenvalue weighted by Gasteiger charge is -2.03. The van der Waals surface area contributed by atoms with E-state index in [0.29, 0.717) is 10.8 Å². The summed E-state index contributed by atoms with van der Waals surface area (Å²) in [6.45, 7) is 0. The van der Waals surface area contributed by atoms with Crippen molar-refractivity contribution in [1.82, 2.24) is 15.0 Å². The Labute approximate surface area is 110 Å². The summed E-state index contributed by atoms with van der Waals surface area (Å²) in [6, 6.07) is 5.41. The predicted molar refractivity (Wildman–Crippen MR) is 69.8 cm³/mol. The van der Waals surface area contributed by atoms with Crippen LogP contribution in [0.1, 0.15) is 0 Å². The van der Waals surface area contributed by atoms with Gasteiger partial charge in [0.15, 0.2) is 0 Å². The Kier molecular flexibility index (Phi) is 3.22.